The van der Waals surface area contributed by atoms with Crippen LogP contribution in [-0.4, -0.2) is 54.0 Å². The second-order valence-electron chi connectivity index (χ2n) is 6.52. The van der Waals surface area contributed by atoms with Crippen LogP contribution in [0.25, 0.3) is 0 Å². The third-order valence-corrected chi connectivity index (χ3v) is 5.17. The van der Waals surface area contributed by atoms with Gasteiger partial charge in [-0.05, 0) is 31.4 Å². The van der Waals surface area contributed by atoms with Crippen molar-refractivity contribution >= 4 is 5.91 Å². The van der Waals surface area contributed by atoms with Gasteiger partial charge in [0.25, 0.3) is 0 Å². The molecule has 0 bridgehead atoms. The fourth-order valence-electron chi connectivity index (χ4n) is 3.70. The van der Waals surface area contributed by atoms with Crippen molar-refractivity contribution in [3.63, 3.8) is 0 Å². The molecular formula is C18H27N3O. The van der Waals surface area contributed by atoms with Gasteiger partial charge in [0.15, 0.2) is 0 Å². The average Bonchev–Trinajstić information content (AvgIpc) is 3.06. The molecule has 0 saturated carbocycles. The zero-order valence-corrected chi connectivity index (χ0v) is 13.6. The number of carbonyl (C=O) groups excluding carboxylic acids is 1. The Morgan fingerprint density at radius 3 is 2.50 bits per heavy atom. The van der Waals surface area contributed by atoms with Gasteiger partial charge in [0.05, 0.1) is 5.54 Å². The minimum Gasteiger partial charge on any atom is -0.339 e. The van der Waals surface area contributed by atoms with E-state index in [1.807, 2.05) is 0 Å². The van der Waals surface area contributed by atoms with E-state index in [9.17, 15) is 4.79 Å². The van der Waals surface area contributed by atoms with E-state index < -0.39 is 0 Å². The summed E-state index contributed by atoms with van der Waals surface area (Å²) in [6, 6.07) is 10.6. The molecule has 0 aliphatic carbocycles. The summed E-state index contributed by atoms with van der Waals surface area (Å²) in [4.78, 5) is 17.4. The first-order valence-corrected chi connectivity index (χ1v) is 8.54. The van der Waals surface area contributed by atoms with Crippen molar-refractivity contribution < 1.29 is 4.79 Å². The van der Waals surface area contributed by atoms with E-state index in [1.165, 1.54) is 5.56 Å². The summed E-state index contributed by atoms with van der Waals surface area (Å²) in [6.07, 6.45) is 3.01. The lowest BCUT2D eigenvalue weighted by atomic mass is 9.92. The molecule has 1 amide bonds. The molecule has 1 atom stereocenters. The standard InChI is InChI=1S/C18H27N3O/c1-2-18(9-6-10-19-18)17(22)21-13-11-20(12-14-21)15-16-7-4-3-5-8-16/h3-5,7-8,19H,2,6,9-15H2,1H3. The molecule has 1 N–H and O–H groups in total. The normalized spacial score (nSPS) is 26.3. The first kappa shape index (κ1) is 15.5. The predicted octanol–water partition coefficient (Wildman–Crippen LogP) is 1.86. The Bertz CT molecular complexity index is 488. The summed E-state index contributed by atoms with van der Waals surface area (Å²) < 4.78 is 0. The van der Waals surface area contributed by atoms with E-state index in [2.05, 4.69) is 52.4 Å². The van der Waals surface area contributed by atoms with Crippen LogP contribution in [0.5, 0.6) is 0 Å². The number of hydrogen-bond acceptors (Lipinski definition) is 3. The van der Waals surface area contributed by atoms with Crippen molar-refractivity contribution in [2.45, 2.75) is 38.3 Å². The third-order valence-electron chi connectivity index (χ3n) is 5.17. The van der Waals surface area contributed by atoms with Crippen molar-refractivity contribution in [3.8, 4) is 0 Å². The Kier molecular flexibility index (Phi) is 4.79. The molecular weight excluding hydrogens is 274 g/mol. The molecule has 2 fully saturated rings. The first-order valence-electron chi connectivity index (χ1n) is 8.54. The highest BCUT2D eigenvalue weighted by Crippen LogP contribution is 2.26. The predicted molar refractivity (Wildman–Crippen MR) is 88.6 cm³/mol. The van der Waals surface area contributed by atoms with E-state index in [-0.39, 0.29) is 5.54 Å². The highest BCUT2D eigenvalue weighted by Gasteiger charge is 2.42. The number of nitrogens with zero attached hydrogens (tertiary/aromatic N) is 2. The van der Waals surface area contributed by atoms with Crippen LogP contribution < -0.4 is 5.32 Å². The second kappa shape index (κ2) is 6.80. The van der Waals surface area contributed by atoms with Gasteiger partial charge < -0.3 is 10.2 Å². The molecule has 1 aromatic rings. The Hall–Kier alpha value is -1.39. The van der Waals surface area contributed by atoms with E-state index >= 15 is 0 Å². The van der Waals surface area contributed by atoms with Gasteiger partial charge in [-0.3, -0.25) is 9.69 Å². The number of nitrogens with one attached hydrogen (secondary N) is 1. The molecule has 4 heteroatoms. The summed E-state index contributed by atoms with van der Waals surface area (Å²) in [5.41, 5.74) is 1.08. The van der Waals surface area contributed by atoms with E-state index in [0.717, 1.165) is 58.5 Å². The van der Waals surface area contributed by atoms with Crippen LogP contribution in [-0.2, 0) is 11.3 Å². The van der Waals surface area contributed by atoms with Crippen molar-refractivity contribution in [1.29, 1.82) is 0 Å². The maximum atomic E-state index is 12.9. The molecule has 3 rings (SSSR count). The number of hydrogen-bond donors (Lipinski definition) is 1. The lowest BCUT2D eigenvalue weighted by Crippen LogP contribution is -2.58. The summed E-state index contributed by atoms with van der Waals surface area (Å²) in [7, 11) is 0. The van der Waals surface area contributed by atoms with Crippen LogP contribution in [0.2, 0.25) is 0 Å². The van der Waals surface area contributed by atoms with Gasteiger partial charge in [-0.2, -0.15) is 0 Å². The number of rotatable bonds is 4. The zero-order valence-electron chi connectivity index (χ0n) is 13.6. The van der Waals surface area contributed by atoms with Crippen LogP contribution in [0.1, 0.15) is 31.7 Å². The summed E-state index contributed by atoms with van der Waals surface area (Å²) in [5, 5.41) is 3.46. The smallest absolute Gasteiger partial charge is 0.242 e. The molecule has 2 saturated heterocycles. The van der Waals surface area contributed by atoms with Crippen molar-refractivity contribution in [1.82, 2.24) is 15.1 Å². The van der Waals surface area contributed by atoms with Gasteiger partial charge >= 0.3 is 0 Å². The Labute approximate surface area is 133 Å². The van der Waals surface area contributed by atoms with Gasteiger partial charge in [0.1, 0.15) is 0 Å². The molecule has 0 spiro atoms. The quantitative estimate of drug-likeness (QED) is 0.922. The van der Waals surface area contributed by atoms with Gasteiger partial charge in [0, 0.05) is 32.7 Å². The first-order chi connectivity index (χ1) is 10.7. The maximum absolute atomic E-state index is 12.9. The molecule has 22 heavy (non-hydrogen) atoms. The van der Waals surface area contributed by atoms with Crippen LogP contribution in [0, 0.1) is 0 Å². The Balaban J connectivity index is 1.54. The van der Waals surface area contributed by atoms with Gasteiger partial charge in [-0.15, -0.1) is 0 Å². The number of amides is 1. The third kappa shape index (κ3) is 3.18. The maximum Gasteiger partial charge on any atom is 0.242 e. The van der Waals surface area contributed by atoms with E-state index in [0.29, 0.717) is 5.91 Å². The average molecular weight is 301 g/mol. The van der Waals surface area contributed by atoms with Crippen LogP contribution in [0.4, 0.5) is 0 Å². The fraction of sp³-hybridized carbons (Fsp3) is 0.611. The highest BCUT2D eigenvalue weighted by molar-refractivity contribution is 5.86. The monoisotopic (exact) mass is 301 g/mol. The number of piperazine rings is 1. The zero-order chi connectivity index (χ0) is 15.4. The molecule has 1 aromatic carbocycles. The van der Waals surface area contributed by atoms with Crippen LogP contribution in [0.15, 0.2) is 30.3 Å². The molecule has 2 aliphatic rings. The molecule has 2 heterocycles. The summed E-state index contributed by atoms with van der Waals surface area (Å²) in [6.45, 7) is 7.75. The molecule has 2 aliphatic heterocycles. The Morgan fingerprint density at radius 1 is 1.18 bits per heavy atom. The SMILES string of the molecule is CCC1(C(=O)N2CCN(Cc3ccccc3)CC2)CCCN1. The largest absolute Gasteiger partial charge is 0.339 e. The Morgan fingerprint density at radius 2 is 1.91 bits per heavy atom. The van der Waals surface area contributed by atoms with E-state index in [1.54, 1.807) is 0 Å². The highest BCUT2D eigenvalue weighted by atomic mass is 16.2. The fourth-order valence-corrected chi connectivity index (χ4v) is 3.70. The molecule has 0 radical (unpaired) electrons. The lowest BCUT2D eigenvalue weighted by molar-refractivity contribution is -0.139. The molecule has 0 aromatic heterocycles. The number of carbonyl (C=O) groups is 1. The van der Waals surface area contributed by atoms with Gasteiger partial charge in [0.2, 0.25) is 5.91 Å². The molecule has 1 unspecified atom stereocenters. The second-order valence-corrected chi connectivity index (χ2v) is 6.52. The minimum atomic E-state index is -0.276. The minimum absolute atomic E-state index is 0.276. The van der Waals surface area contributed by atoms with Crippen LogP contribution >= 0.6 is 0 Å². The van der Waals surface area contributed by atoms with Crippen molar-refractivity contribution in [2.75, 3.05) is 32.7 Å². The topological polar surface area (TPSA) is 35.6 Å². The summed E-state index contributed by atoms with van der Waals surface area (Å²) >= 11 is 0. The van der Waals surface area contributed by atoms with Gasteiger partial charge in [-0.25, -0.2) is 0 Å². The molecule has 120 valence electrons. The van der Waals surface area contributed by atoms with E-state index in [4.69, 9.17) is 0 Å². The summed E-state index contributed by atoms with van der Waals surface area (Å²) in [5.74, 6) is 0.326. The lowest BCUT2D eigenvalue weighted by Gasteiger charge is -2.39. The van der Waals surface area contributed by atoms with Crippen LogP contribution in [0.3, 0.4) is 0 Å². The van der Waals surface area contributed by atoms with Crippen molar-refractivity contribution in [3.05, 3.63) is 35.9 Å². The number of benzene rings is 1. The molecule has 4 nitrogen and oxygen atoms in total. The van der Waals surface area contributed by atoms with Crippen molar-refractivity contribution in [2.24, 2.45) is 0 Å². The van der Waals surface area contributed by atoms with Gasteiger partial charge in [-0.1, -0.05) is 37.3 Å².